The molecular weight excluding hydrogens is 281 g/mol. The second-order valence-corrected chi connectivity index (χ2v) is 7.68. The van der Waals surface area contributed by atoms with Crippen molar-refractivity contribution >= 4 is 9.84 Å². The molecule has 0 saturated heterocycles. The Balaban J connectivity index is 2.42. The van der Waals surface area contributed by atoms with Gasteiger partial charge in [0, 0.05) is 30.7 Å². The summed E-state index contributed by atoms with van der Waals surface area (Å²) in [5, 5.41) is -0.546. The summed E-state index contributed by atoms with van der Waals surface area (Å²) in [6.07, 6.45) is 0. The number of halogens is 1. The van der Waals surface area contributed by atoms with E-state index in [1.807, 2.05) is 0 Å². The molecule has 0 bridgehead atoms. The van der Waals surface area contributed by atoms with E-state index in [1.165, 1.54) is 19.2 Å². The Hall–Kier alpha value is -0.980. The molecule has 1 aromatic carbocycles. The molecule has 2 N–H and O–H groups in total. The summed E-state index contributed by atoms with van der Waals surface area (Å²) in [4.78, 5) is 0. The zero-order chi connectivity index (χ0) is 15.0. The van der Waals surface area contributed by atoms with E-state index >= 15 is 0 Å². The molecule has 0 spiro atoms. The van der Waals surface area contributed by atoms with Crippen molar-refractivity contribution in [1.82, 2.24) is 0 Å². The topological polar surface area (TPSA) is 69.4 Å². The van der Waals surface area contributed by atoms with E-state index in [4.69, 9.17) is 10.5 Å². The third-order valence-corrected chi connectivity index (χ3v) is 6.51. The van der Waals surface area contributed by atoms with E-state index in [9.17, 15) is 12.8 Å². The van der Waals surface area contributed by atoms with Crippen molar-refractivity contribution in [2.75, 3.05) is 26.0 Å². The van der Waals surface area contributed by atoms with Crippen molar-refractivity contribution < 1.29 is 17.5 Å². The predicted molar refractivity (Wildman–Crippen MR) is 75.8 cm³/mol. The Morgan fingerprint density at radius 2 is 1.95 bits per heavy atom. The molecule has 4 nitrogen and oxygen atoms in total. The largest absolute Gasteiger partial charge is 0.384 e. The molecule has 0 radical (unpaired) electrons. The Morgan fingerprint density at radius 3 is 2.40 bits per heavy atom. The third-order valence-electron chi connectivity index (χ3n) is 4.19. The van der Waals surface area contributed by atoms with Gasteiger partial charge in [-0.3, -0.25) is 0 Å². The number of methoxy groups -OCH3 is 1. The van der Waals surface area contributed by atoms with E-state index in [-0.39, 0.29) is 30.6 Å². The maximum atomic E-state index is 13.0. The van der Waals surface area contributed by atoms with Gasteiger partial charge in [-0.15, -0.1) is 0 Å². The lowest BCUT2D eigenvalue weighted by molar-refractivity contribution is 0.142. The fourth-order valence-corrected chi connectivity index (χ4v) is 5.27. The van der Waals surface area contributed by atoms with Gasteiger partial charge in [-0.25, -0.2) is 12.8 Å². The molecule has 6 heteroatoms. The molecule has 0 aliphatic heterocycles. The SMILES string of the molecule is CCS(=O)(=O)[C@@H]1[C@H](c2ccc(F)cc2)[C@@]1(CN)COC. The fraction of sp³-hybridized carbons (Fsp3) is 0.571. The minimum absolute atomic E-state index is 0.0703. The highest BCUT2D eigenvalue weighted by Crippen LogP contribution is 2.62. The number of benzene rings is 1. The van der Waals surface area contributed by atoms with Crippen LogP contribution < -0.4 is 5.73 Å². The summed E-state index contributed by atoms with van der Waals surface area (Å²) in [6.45, 7) is 2.14. The molecule has 112 valence electrons. The normalized spacial score (nSPS) is 29.4. The number of ether oxygens (including phenoxy) is 1. The number of hydrogen-bond acceptors (Lipinski definition) is 4. The van der Waals surface area contributed by atoms with Gasteiger partial charge in [0.05, 0.1) is 11.9 Å². The maximum absolute atomic E-state index is 13.0. The van der Waals surface area contributed by atoms with Gasteiger partial charge < -0.3 is 10.5 Å². The second kappa shape index (κ2) is 5.42. The molecule has 0 aromatic heterocycles. The first-order valence-electron chi connectivity index (χ1n) is 6.59. The van der Waals surface area contributed by atoms with Gasteiger partial charge in [0.2, 0.25) is 0 Å². The number of nitrogens with two attached hydrogens (primary N) is 1. The quantitative estimate of drug-likeness (QED) is 0.860. The van der Waals surface area contributed by atoms with E-state index in [2.05, 4.69) is 0 Å². The van der Waals surface area contributed by atoms with Crippen LogP contribution in [0.1, 0.15) is 18.4 Å². The summed E-state index contributed by atoms with van der Waals surface area (Å²) < 4.78 is 42.8. The predicted octanol–water partition coefficient (Wildman–Crippen LogP) is 1.32. The smallest absolute Gasteiger partial charge is 0.154 e. The van der Waals surface area contributed by atoms with Gasteiger partial charge in [-0.2, -0.15) is 0 Å². The molecule has 1 aromatic rings. The molecule has 0 heterocycles. The van der Waals surface area contributed by atoms with Crippen LogP contribution in [0, 0.1) is 11.2 Å². The Labute approximate surface area is 119 Å². The molecule has 1 saturated carbocycles. The van der Waals surface area contributed by atoms with Crippen LogP contribution in [0.5, 0.6) is 0 Å². The highest BCUT2D eigenvalue weighted by molar-refractivity contribution is 7.92. The molecule has 0 unspecified atom stereocenters. The van der Waals surface area contributed by atoms with Crippen molar-refractivity contribution in [3.8, 4) is 0 Å². The Bertz CT molecular complexity index is 573. The van der Waals surface area contributed by atoms with Crippen molar-refractivity contribution in [3.05, 3.63) is 35.6 Å². The molecule has 1 fully saturated rings. The number of rotatable bonds is 6. The van der Waals surface area contributed by atoms with Crippen LogP contribution in [0.15, 0.2) is 24.3 Å². The van der Waals surface area contributed by atoms with Crippen LogP contribution in [0.3, 0.4) is 0 Å². The molecule has 0 amide bonds. The van der Waals surface area contributed by atoms with Gasteiger partial charge >= 0.3 is 0 Å². The van der Waals surface area contributed by atoms with E-state index in [0.717, 1.165) is 5.56 Å². The monoisotopic (exact) mass is 301 g/mol. The minimum atomic E-state index is -3.23. The van der Waals surface area contributed by atoms with Gasteiger partial charge in [0.15, 0.2) is 9.84 Å². The van der Waals surface area contributed by atoms with Crippen LogP contribution in [0.25, 0.3) is 0 Å². The molecule has 1 aliphatic carbocycles. The molecular formula is C14H20FNO3S. The highest BCUT2D eigenvalue weighted by Gasteiger charge is 2.69. The summed E-state index contributed by atoms with van der Waals surface area (Å²) in [5.41, 5.74) is 6.04. The molecule has 20 heavy (non-hydrogen) atoms. The summed E-state index contributed by atoms with van der Waals surface area (Å²) in [5.74, 6) is -0.492. The first-order chi connectivity index (χ1) is 9.43. The van der Waals surface area contributed by atoms with Crippen LogP contribution in [0.2, 0.25) is 0 Å². The van der Waals surface area contributed by atoms with Gasteiger partial charge in [0.1, 0.15) is 5.82 Å². The second-order valence-electron chi connectivity index (χ2n) is 5.27. The number of hydrogen-bond donors (Lipinski definition) is 1. The van der Waals surface area contributed by atoms with Crippen LogP contribution >= 0.6 is 0 Å². The van der Waals surface area contributed by atoms with Gasteiger partial charge in [-0.05, 0) is 17.7 Å². The van der Waals surface area contributed by atoms with Crippen molar-refractivity contribution in [3.63, 3.8) is 0 Å². The van der Waals surface area contributed by atoms with Crippen LogP contribution in [-0.4, -0.2) is 39.7 Å². The lowest BCUT2D eigenvalue weighted by Crippen LogP contribution is -2.28. The first-order valence-corrected chi connectivity index (χ1v) is 8.30. The highest BCUT2D eigenvalue weighted by atomic mass is 32.2. The van der Waals surface area contributed by atoms with Crippen LogP contribution in [0.4, 0.5) is 4.39 Å². The molecule has 1 aliphatic rings. The van der Waals surface area contributed by atoms with Crippen molar-refractivity contribution in [2.24, 2.45) is 11.1 Å². The minimum Gasteiger partial charge on any atom is -0.384 e. The maximum Gasteiger partial charge on any atom is 0.154 e. The molecule has 3 atom stereocenters. The summed E-state index contributed by atoms with van der Waals surface area (Å²) in [6, 6.07) is 5.95. The first kappa shape index (κ1) is 15.4. The third kappa shape index (κ3) is 2.36. The standard InChI is InChI=1S/C14H20FNO3S/c1-3-20(17,18)13-12(14(13,8-16)9-19-2)10-4-6-11(15)7-5-10/h4-7,12-13H,3,8-9,16H2,1-2H3/t12-,13+,14+/m0/s1. The van der Waals surface area contributed by atoms with E-state index < -0.39 is 20.5 Å². The van der Waals surface area contributed by atoms with Crippen LogP contribution in [-0.2, 0) is 14.6 Å². The zero-order valence-corrected chi connectivity index (χ0v) is 12.5. The van der Waals surface area contributed by atoms with Gasteiger partial charge in [-0.1, -0.05) is 19.1 Å². The Kier molecular flexibility index (Phi) is 4.18. The average molecular weight is 301 g/mol. The Morgan fingerprint density at radius 1 is 1.35 bits per heavy atom. The zero-order valence-electron chi connectivity index (χ0n) is 11.7. The number of sulfone groups is 1. The van der Waals surface area contributed by atoms with Gasteiger partial charge in [0.25, 0.3) is 0 Å². The van der Waals surface area contributed by atoms with E-state index in [0.29, 0.717) is 0 Å². The lowest BCUT2D eigenvalue weighted by Gasteiger charge is -2.14. The summed E-state index contributed by atoms with van der Waals surface area (Å²) >= 11 is 0. The molecule has 2 rings (SSSR count). The lowest BCUT2D eigenvalue weighted by atomic mass is 10.00. The van der Waals surface area contributed by atoms with E-state index in [1.54, 1.807) is 19.1 Å². The summed E-state index contributed by atoms with van der Waals surface area (Å²) in [7, 11) is -1.69. The van der Waals surface area contributed by atoms with Crippen molar-refractivity contribution in [2.45, 2.75) is 18.1 Å². The van der Waals surface area contributed by atoms with Crippen molar-refractivity contribution in [1.29, 1.82) is 0 Å². The average Bonchev–Trinajstić information content (AvgIpc) is 3.10. The fourth-order valence-electron chi connectivity index (χ4n) is 3.12.